The maximum Gasteiger partial charge on any atom is 0.274 e. The summed E-state index contributed by atoms with van der Waals surface area (Å²) < 4.78 is 5.30. The number of nitrogens with zero attached hydrogens (tertiary/aromatic N) is 2. The molecule has 34 heavy (non-hydrogen) atoms. The number of aromatic nitrogens is 1. The minimum absolute atomic E-state index is 0.111. The van der Waals surface area contributed by atoms with Crippen molar-refractivity contribution in [2.24, 2.45) is 11.7 Å². The fourth-order valence-corrected chi connectivity index (χ4v) is 4.51. The highest BCUT2D eigenvalue weighted by molar-refractivity contribution is 5.96. The van der Waals surface area contributed by atoms with E-state index in [4.69, 9.17) is 10.3 Å². The van der Waals surface area contributed by atoms with Crippen LogP contribution in [0.4, 0.5) is 0 Å². The number of Topliss-reactive ketones (excluding diaryl/α,β-unsaturated/α-hetero) is 1. The molecule has 1 unspecified atom stereocenters. The molecular weight excluding hydrogens is 436 g/mol. The van der Waals surface area contributed by atoms with E-state index in [1.165, 1.54) is 0 Å². The molecule has 1 aromatic carbocycles. The number of likely N-dealkylation sites (tertiary alicyclic amines) is 1. The van der Waals surface area contributed by atoms with Crippen molar-refractivity contribution >= 4 is 17.6 Å². The summed E-state index contributed by atoms with van der Waals surface area (Å²) in [7, 11) is 0. The zero-order chi connectivity index (χ0) is 24.2. The monoisotopic (exact) mass is 468 g/mol. The van der Waals surface area contributed by atoms with Crippen molar-refractivity contribution in [3.8, 4) is 5.75 Å². The van der Waals surface area contributed by atoms with Crippen LogP contribution >= 0.6 is 0 Å². The summed E-state index contributed by atoms with van der Waals surface area (Å²) in [4.78, 5) is 40.2. The fourth-order valence-electron chi connectivity index (χ4n) is 4.51. The number of benzene rings is 1. The van der Waals surface area contributed by atoms with Crippen LogP contribution in [0.1, 0.15) is 66.8 Å². The van der Waals surface area contributed by atoms with Crippen LogP contribution in [0.15, 0.2) is 34.9 Å². The first-order valence-electron chi connectivity index (χ1n) is 11.9. The van der Waals surface area contributed by atoms with Crippen molar-refractivity contribution in [1.82, 2.24) is 15.4 Å². The van der Waals surface area contributed by atoms with Crippen molar-refractivity contribution in [2.45, 2.75) is 63.5 Å². The normalized spacial score (nSPS) is 18.4. The Morgan fingerprint density at radius 2 is 1.91 bits per heavy atom. The first-order chi connectivity index (χ1) is 16.3. The number of hydrogen-bond donors (Lipinski definition) is 3. The van der Waals surface area contributed by atoms with Gasteiger partial charge in [0.25, 0.3) is 5.91 Å². The van der Waals surface area contributed by atoms with Gasteiger partial charge in [-0.1, -0.05) is 23.4 Å². The molecule has 9 nitrogen and oxygen atoms in total. The van der Waals surface area contributed by atoms with E-state index < -0.39 is 18.0 Å². The third-order valence-electron chi connectivity index (χ3n) is 6.72. The van der Waals surface area contributed by atoms with Crippen LogP contribution in [0.2, 0.25) is 0 Å². The molecule has 0 bridgehead atoms. The average Bonchev–Trinajstić information content (AvgIpc) is 3.57. The van der Waals surface area contributed by atoms with Crippen LogP contribution in [0.25, 0.3) is 0 Å². The van der Waals surface area contributed by atoms with Crippen LogP contribution in [-0.4, -0.2) is 57.9 Å². The second kappa shape index (κ2) is 10.4. The van der Waals surface area contributed by atoms with Crippen LogP contribution in [0.5, 0.6) is 5.75 Å². The van der Waals surface area contributed by atoms with E-state index in [1.54, 1.807) is 36.1 Å². The molecule has 1 aliphatic carbocycles. The number of hydrogen-bond acceptors (Lipinski definition) is 7. The molecular formula is C25H32N4O5. The first kappa shape index (κ1) is 23.9. The summed E-state index contributed by atoms with van der Waals surface area (Å²) in [6.45, 7) is 2.63. The Balaban J connectivity index is 1.44. The Bertz CT molecular complexity index is 1040. The number of carbonyl (C=O) groups is 3. The van der Waals surface area contributed by atoms with Crippen molar-refractivity contribution in [1.29, 1.82) is 0 Å². The van der Waals surface area contributed by atoms with Gasteiger partial charge >= 0.3 is 0 Å². The summed E-state index contributed by atoms with van der Waals surface area (Å²) in [5, 5.41) is 16.8. The van der Waals surface area contributed by atoms with Crippen LogP contribution in [0, 0.1) is 5.92 Å². The second-order valence-electron chi connectivity index (χ2n) is 9.39. The van der Waals surface area contributed by atoms with Gasteiger partial charge in [0.05, 0.1) is 12.1 Å². The Hall–Kier alpha value is -3.20. The minimum Gasteiger partial charge on any atom is -0.508 e. The molecule has 1 aromatic heterocycles. The zero-order valence-electron chi connectivity index (χ0n) is 19.4. The molecule has 2 aliphatic rings. The molecule has 2 heterocycles. The lowest BCUT2D eigenvalue weighted by Crippen LogP contribution is -2.52. The number of ketones is 1. The number of phenolic OH excluding ortho intramolecular Hbond substituents is 1. The number of nitrogens with two attached hydrogens (primary N) is 1. The Morgan fingerprint density at radius 1 is 1.21 bits per heavy atom. The number of aromatic hydroxyl groups is 1. The van der Waals surface area contributed by atoms with Crippen molar-refractivity contribution in [3.05, 3.63) is 47.3 Å². The molecule has 4 N–H and O–H groups in total. The predicted molar refractivity (Wildman–Crippen MR) is 124 cm³/mol. The van der Waals surface area contributed by atoms with E-state index in [1.807, 2.05) is 6.07 Å². The number of nitrogens with one attached hydrogen (secondary N) is 1. The highest BCUT2D eigenvalue weighted by atomic mass is 16.5. The first-order valence-corrected chi connectivity index (χ1v) is 11.9. The van der Waals surface area contributed by atoms with Crippen LogP contribution in [0.3, 0.4) is 0 Å². The minimum atomic E-state index is -0.716. The summed E-state index contributed by atoms with van der Waals surface area (Å²) in [5.41, 5.74) is 6.59. The molecule has 182 valence electrons. The van der Waals surface area contributed by atoms with Gasteiger partial charge in [0.1, 0.15) is 11.5 Å². The van der Waals surface area contributed by atoms with E-state index in [-0.39, 0.29) is 35.5 Å². The second-order valence-corrected chi connectivity index (χ2v) is 9.39. The molecule has 1 saturated heterocycles. The van der Waals surface area contributed by atoms with Gasteiger partial charge < -0.3 is 25.6 Å². The number of carbonyl (C=O) groups excluding carboxylic acids is 3. The molecule has 4 rings (SSSR count). The predicted octanol–water partition coefficient (Wildman–Crippen LogP) is 2.14. The number of piperidine rings is 1. The lowest BCUT2D eigenvalue weighted by molar-refractivity contribution is -0.134. The molecule has 2 amide bonds. The molecule has 1 saturated carbocycles. The zero-order valence-corrected chi connectivity index (χ0v) is 19.4. The van der Waals surface area contributed by atoms with Crippen molar-refractivity contribution in [3.63, 3.8) is 0 Å². The van der Waals surface area contributed by atoms with Gasteiger partial charge in [-0.3, -0.25) is 14.4 Å². The van der Waals surface area contributed by atoms with E-state index in [2.05, 4.69) is 10.5 Å². The third-order valence-corrected chi connectivity index (χ3v) is 6.72. The largest absolute Gasteiger partial charge is 0.508 e. The smallest absolute Gasteiger partial charge is 0.274 e. The van der Waals surface area contributed by atoms with E-state index >= 15 is 0 Å². The number of amides is 2. The number of rotatable bonds is 9. The summed E-state index contributed by atoms with van der Waals surface area (Å²) in [6, 6.07) is 7.28. The van der Waals surface area contributed by atoms with Crippen molar-refractivity contribution in [2.75, 3.05) is 13.1 Å². The van der Waals surface area contributed by atoms with Gasteiger partial charge in [0, 0.05) is 31.5 Å². The number of aryl methyl sites for hydroxylation is 1. The number of para-hydroxylation sites is 1. The summed E-state index contributed by atoms with van der Waals surface area (Å²) in [6.07, 6.45) is 3.77. The fraction of sp³-hybridized carbons (Fsp3) is 0.520. The molecule has 0 radical (unpaired) electrons. The molecule has 2 fully saturated rings. The SMILES string of the molecule is C[C@H](N)C(=O)N1CCC(C(NC(=O)c2cc(C3CC3)on2)C(=O)CCc2ccccc2O)CC1. The molecule has 1 aliphatic heterocycles. The highest BCUT2D eigenvalue weighted by Gasteiger charge is 2.35. The maximum atomic E-state index is 13.3. The lowest BCUT2D eigenvalue weighted by atomic mass is 9.85. The quantitative estimate of drug-likeness (QED) is 0.512. The summed E-state index contributed by atoms with van der Waals surface area (Å²) in [5.74, 6) is 0.402. The van der Waals surface area contributed by atoms with Gasteiger partial charge in [-0.05, 0) is 56.6 Å². The van der Waals surface area contributed by atoms with Gasteiger partial charge in [-0.2, -0.15) is 0 Å². The van der Waals surface area contributed by atoms with Crippen LogP contribution in [-0.2, 0) is 16.0 Å². The molecule has 2 atom stereocenters. The van der Waals surface area contributed by atoms with E-state index in [0.717, 1.165) is 12.8 Å². The highest BCUT2D eigenvalue weighted by Crippen LogP contribution is 2.40. The third kappa shape index (κ3) is 5.64. The summed E-state index contributed by atoms with van der Waals surface area (Å²) >= 11 is 0. The standard InChI is InChI=1S/C25H32N4O5/c1-15(26)25(33)29-12-10-18(11-13-29)23(21(31)9-8-16-4-2-3-5-20(16)30)27-24(32)19-14-22(34-28-19)17-6-7-17/h2-5,14-15,17-18,23,30H,6-13,26H2,1H3,(H,27,32)/t15-,23?/m0/s1. The van der Waals surface area contributed by atoms with Crippen LogP contribution < -0.4 is 11.1 Å². The number of phenols is 1. The van der Waals surface area contributed by atoms with Gasteiger partial charge in [-0.25, -0.2) is 0 Å². The van der Waals surface area contributed by atoms with Gasteiger partial charge in [-0.15, -0.1) is 0 Å². The maximum absolute atomic E-state index is 13.3. The van der Waals surface area contributed by atoms with Gasteiger partial charge in [0.2, 0.25) is 5.91 Å². The Labute approximate surface area is 198 Å². The Morgan fingerprint density at radius 3 is 2.56 bits per heavy atom. The topological polar surface area (TPSA) is 139 Å². The molecule has 9 heteroatoms. The lowest BCUT2D eigenvalue weighted by Gasteiger charge is -2.36. The average molecular weight is 469 g/mol. The van der Waals surface area contributed by atoms with E-state index in [0.29, 0.717) is 49.6 Å². The molecule has 2 aromatic rings. The Kier molecular flexibility index (Phi) is 7.31. The van der Waals surface area contributed by atoms with Crippen molar-refractivity contribution < 1.29 is 24.0 Å². The van der Waals surface area contributed by atoms with E-state index in [9.17, 15) is 19.5 Å². The molecule has 0 spiro atoms. The van der Waals surface area contributed by atoms with Gasteiger partial charge in [0.15, 0.2) is 11.5 Å².